The normalized spacial score (nSPS) is 20.0. The average Bonchev–Trinajstić information content (AvgIpc) is 3.36. The Hall–Kier alpha value is -3.43. The minimum Gasteiger partial charge on any atom is -0.454 e. The predicted octanol–water partition coefficient (Wildman–Crippen LogP) is 1.34. The number of amides is 1. The molecule has 0 aliphatic carbocycles. The number of fused-ring (bicyclic) bond motifs is 1. The molecule has 2 aromatic carbocycles. The molecule has 0 aromatic heterocycles. The van der Waals surface area contributed by atoms with Crippen LogP contribution in [0.5, 0.6) is 17.2 Å². The van der Waals surface area contributed by atoms with Crippen molar-refractivity contribution in [3.8, 4) is 17.2 Å². The molecule has 2 aliphatic rings. The summed E-state index contributed by atoms with van der Waals surface area (Å²) in [4.78, 5) is 24.4. The average molecular weight is 396 g/mol. The molecule has 4 rings (SSSR count). The number of hydrazone groups is 1. The molecule has 2 heterocycles. The van der Waals surface area contributed by atoms with Crippen LogP contribution in [-0.4, -0.2) is 37.0 Å². The van der Waals surface area contributed by atoms with Gasteiger partial charge in [0, 0.05) is 6.04 Å². The van der Waals surface area contributed by atoms with E-state index in [1.165, 1.54) is 6.21 Å². The molecule has 0 radical (unpaired) electrons. The first-order valence-electron chi connectivity index (χ1n) is 9.14. The van der Waals surface area contributed by atoms with E-state index in [1.807, 2.05) is 6.92 Å². The summed E-state index contributed by atoms with van der Waals surface area (Å²) in [5.74, 6) is 0.735. The van der Waals surface area contributed by atoms with Crippen LogP contribution in [0.3, 0.4) is 0 Å². The number of hydrogen-bond donors (Lipinski definition) is 3. The number of esters is 1. The molecule has 0 spiro atoms. The highest BCUT2D eigenvalue weighted by Gasteiger charge is 2.26. The van der Waals surface area contributed by atoms with Gasteiger partial charge in [0.15, 0.2) is 11.5 Å². The van der Waals surface area contributed by atoms with Crippen molar-refractivity contribution in [2.24, 2.45) is 5.10 Å². The molecule has 1 fully saturated rings. The van der Waals surface area contributed by atoms with E-state index in [-0.39, 0.29) is 24.8 Å². The minimum atomic E-state index is -0.514. The highest BCUT2D eigenvalue weighted by Crippen LogP contribution is 2.32. The number of hydrogen-bond acceptors (Lipinski definition) is 8. The third kappa shape index (κ3) is 4.53. The molecule has 1 amide bonds. The fourth-order valence-electron chi connectivity index (χ4n) is 2.98. The third-order valence-corrected chi connectivity index (χ3v) is 4.47. The minimum absolute atomic E-state index is 0.137. The molecule has 2 aromatic rings. The summed E-state index contributed by atoms with van der Waals surface area (Å²) in [7, 11) is 0. The molecule has 0 bridgehead atoms. The van der Waals surface area contributed by atoms with Gasteiger partial charge in [0.05, 0.1) is 11.8 Å². The van der Waals surface area contributed by atoms with Crippen LogP contribution in [0.15, 0.2) is 47.6 Å². The Morgan fingerprint density at radius 1 is 1.17 bits per heavy atom. The zero-order valence-electron chi connectivity index (χ0n) is 15.7. The fraction of sp³-hybridized carbons (Fsp3) is 0.250. The molecule has 2 aliphatic heterocycles. The molecule has 9 heteroatoms. The lowest BCUT2D eigenvalue weighted by atomic mass is 10.1. The summed E-state index contributed by atoms with van der Waals surface area (Å²) in [6.45, 7) is 2.12. The van der Waals surface area contributed by atoms with Crippen molar-refractivity contribution < 1.29 is 23.8 Å². The van der Waals surface area contributed by atoms with Gasteiger partial charge < -0.3 is 14.2 Å². The summed E-state index contributed by atoms with van der Waals surface area (Å²) < 4.78 is 15.9. The molecular weight excluding hydrogens is 376 g/mol. The second-order valence-corrected chi connectivity index (χ2v) is 6.74. The Kier molecular flexibility index (Phi) is 5.41. The number of nitrogens with zero attached hydrogens (tertiary/aromatic N) is 1. The summed E-state index contributed by atoms with van der Waals surface area (Å²) in [6.07, 6.45) is 2.17. The molecule has 3 N–H and O–H groups in total. The zero-order valence-corrected chi connectivity index (χ0v) is 15.7. The van der Waals surface area contributed by atoms with Gasteiger partial charge in [-0.2, -0.15) is 5.10 Å². The molecule has 1 saturated heterocycles. The van der Waals surface area contributed by atoms with Gasteiger partial charge in [-0.25, -0.2) is 15.6 Å². The Morgan fingerprint density at radius 2 is 2.03 bits per heavy atom. The lowest BCUT2D eigenvalue weighted by Crippen LogP contribution is -2.41. The van der Waals surface area contributed by atoms with E-state index in [0.717, 1.165) is 0 Å². The Labute approximate surface area is 167 Å². The summed E-state index contributed by atoms with van der Waals surface area (Å²) in [6, 6.07) is 11.6. The van der Waals surface area contributed by atoms with Crippen molar-refractivity contribution in [1.82, 2.24) is 16.3 Å². The quantitative estimate of drug-likeness (QED) is 0.303. The Morgan fingerprint density at radius 3 is 2.86 bits per heavy atom. The fourth-order valence-corrected chi connectivity index (χ4v) is 2.98. The van der Waals surface area contributed by atoms with E-state index in [0.29, 0.717) is 34.8 Å². The number of carbonyl (C=O) groups is 2. The smallest absolute Gasteiger partial charge is 0.343 e. The third-order valence-electron chi connectivity index (χ3n) is 4.47. The number of ether oxygens (including phenoxy) is 3. The number of hydrazine groups is 1. The first-order chi connectivity index (χ1) is 14.1. The summed E-state index contributed by atoms with van der Waals surface area (Å²) in [5, 5.41) is 3.97. The Balaban J connectivity index is 1.36. The summed E-state index contributed by atoms with van der Waals surface area (Å²) >= 11 is 0. The SMILES string of the molecule is CC1CC(C(=O)N/N=C/c2cccc(OC(=O)c3ccc4c(c3)OCO4)c2)NN1. The monoisotopic (exact) mass is 396 g/mol. The second kappa shape index (κ2) is 8.29. The highest BCUT2D eigenvalue weighted by molar-refractivity contribution is 5.92. The van der Waals surface area contributed by atoms with Crippen molar-refractivity contribution in [2.75, 3.05) is 6.79 Å². The van der Waals surface area contributed by atoms with Crippen LogP contribution in [0.4, 0.5) is 0 Å². The molecule has 0 saturated carbocycles. The zero-order chi connectivity index (χ0) is 20.2. The molecular formula is C20H20N4O5. The van der Waals surface area contributed by atoms with Gasteiger partial charge in [0.25, 0.3) is 5.91 Å². The first kappa shape index (κ1) is 18.9. The predicted molar refractivity (Wildman–Crippen MR) is 104 cm³/mol. The van der Waals surface area contributed by atoms with Crippen LogP contribution in [0.2, 0.25) is 0 Å². The number of benzene rings is 2. The van der Waals surface area contributed by atoms with Gasteiger partial charge in [0.1, 0.15) is 11.8 Å². The molecule has 2 unspecified atom stereocenters. The largest absolute Gasteiger partial charge is 0.454 e. The van der Waals surface area contributed by atoms with Gasteiger partial charge in [-0.05, 0) is 49.2 Å². The van der Waals surface area contributed by atoms with Gasteiger partial charge in [-0.3, -0.25) is 10.2 Å². The highest BCUT2D eigenvalue weighted by atomic mass is 16.7. The summed E-state index contributed by atoms with van der Waals surface area (Å²) in [5.41, 5.74) is 9.42. The van der Waals surface area contributed by atoms with E-state index < -0.39 is 5.97 Å². The standard InChI is InChI=1S/C20H20N4O5/c1-12-7-16(23-22-12)19(25)24-21-10-13-3-2-4-15(8-13)29-20(26)14-5-6-17-18(9-14)28-11-27-17/h2-6,8-10,12,16,22-23H,7,11H2,1H3,(H,24,25)/b21-10+. The first-order valence-corrected chi connectivity index (χ1v) is 9.14. The van der Waals surface area contributed by atoms with Crippen LogP contribution < -0.4 is 30.5 Å². The van der Waals surface area contributed by atoms with E-state index in [2.05, 4.69) is 21.4 Å². The van der Waals surface area contributed by atoms with Crippen LogP contribution >= 0.6 is 0 Å². The van der Waals surface area contributed by atoms with E-state index >= 15 is 0 Å². The van der Waals surface area contributed by atoms with Gasteiger partial charge >= 0.3 is 5.97 Å². The van der Waals surface area contributed by atoms with Crippen molar-refractivity contribution in [2.45, 2.75) is 25.4 Å². The molecule has 9 nitrogen and oxygen atoms in total. The van der Waals surface area contributed by atoms with Crippen molar-refractivity contribution >= 4 is 18.1 Å². The van der Waals surface area contributed by atoms with E-state index in [9.17, 15) is 9.59 Å². The van der Waals surface area contributed by atoms with Crippen LogP contribution in [-0.2, 0) is 4.79 Å². The number of nitrogens with one attached hydrogen (secondary N) is 3. The topological polar surface area (TPSA) is 110 Å². The van der Waals surface area contributed by atoms with Gasteiger partial charge in [0.2, 0.25) is 6.79 Å². The van der Waals surface area contributed by atoms with Crippen LogP contribution in [0.1, 0.15) is 29.3 Å². The van der Waals surface area contributed by atoms with E-state index in [4.69, 9.17) is 14.2 Å². The van der Waals surface area contributed by atoms with Crippen LogP contribution in [0.25, 0.3) is 0 Å². The number of carbonyl (C=O) groups excluding carboxylic acids is 2. The Bertz CT molecular complexity index is 962. The number of rotatable bonds is 5. The van der Waals surface area contributed by atoms with Crippen molar-refractivity contribution in [3.63, 3.8) is 0 Å². The molecule has 150 valence electrons. The van der Waals surface area contributed by atoms with Crippen molar-refractivity contribution in [3.05, 3.63) is 53.6 Å². The van der Waals surface area contributed by atoms with Crippen molar-refractivity contribution in [1.29, 1.82) is 0 Å². The lowest BCUT2D eigenvalue weighted by Gasteiger charge is -2.07. The van der Waals surface area contributed by atoms with E-state index in [1.54, 1.807) is 42.5 Å². The second-order valence-electron chi connectivity index (χ2n) is 6.74. The van der Waals surface area contributed by atoms with Crippen LogP contribution in [0, 0.1) is 0 Å². The lowest BCUT2D eigenvalue weighted by molar-refractivity contribution is -0.122. The maximum atomic E-state index is 12.4. The van der Waals surface area contributed by atoms with Gasteiger partial charge in [-0.1, -0.05) is 12.1 Å². The van der Waals surface area contributed by atoms with Gasteiger partial charge in [-0.15, -0.1) is 0 Å². The maximum Gasteiger partial charge on any atom is 0.343 e. The molecule has 2 atom stereocenters. The maximum absolute atomic E-state index is 12.4. The molecule has 29 heavy (non-hydrogen) atoms.